The Kier molecular flexibility index (Phi) is 10.5. The van der Waals surface area contributed by atoms with Crippen molar-refractivity contribution in [3.05, 3.63) is 30.0 Å². The van der Waals surface area contributed by atoms with Crippen LogP contribution in [0.15, 0.2) is 24.4 Å². The average Bonchev–Trinajstić information content (AvgIpc) is 2.82. The molecule has 1 fully saturated rings. The third kappa shape index (κ3) is 7.47. The summed E-state index contributed by atoms with van der Waals surface area (Å²) in [6.45, 7) is 13.8. The molecular formula is C29H48N2O3Sn. The molecule has 0 radical (unpaired) electrons. The maximum atomic E-state index is 13.0. The van der Waals surface area contributed by atoms with Crippen LogP contribution in [0.2, 0.25) is 13.3 Å². The molecule has 3 heterocycles. The zero-order chi connectivity index (χ0) is 25.5. The summed E-state index contributed by atoms with van der Waals surface area (Å²) in [5.74, 6) is 0. The molecule has 2 unspecified atom stereocenters. The number of nitrogens with zero attached hydrogens (tertiary/aromatic N) is 2. The molecule has 0 spiro atoms. The van der Waals surface area contributed by atoms with Crippen molar-refractivity contribution in [3.63, 3.8) is 0 Å². The van der Waals surface area contributed by atoms with E-state index in [0.29, 0.717) is 13.2 Å². The topological polar surface area (TPSA) is 51.7 Å². The second-order valence-electron chi connectivity index (χ2n) is 11.6. The van der Waals surface area contributed by atoms with Crippen LogP contribution in [-0.2, 0) is 9.47 Å². The SMILES string of the molecule is CCC[CH2][Sn]([CH2]CCC)([CH2]CCC)[c]1cc(C2=CC3COCC(C2)N3C(=O)OC(C)(C)C)ccn1. The van der Waals surface area contributed by atoms with Crippen molar-refractivity contribution in [3.8, 4) is 0 Å². The van der Waals surface area contributed by atoms with Crippen molar-refractivity contribution in [2.24, 2.45) is 0 Å². The van der Waals surface area contributed by atoms with Gasteiger partial charge in [0.25, 0.3) is 0 Å². The van der Waals surface area contributed by atoms with Gasteiger partial charge in [-0.05, 0) is 0 Å². The van der Waals surface area contributed by atoms with Gasteiger partial charge in [-0.25, -0.2) is 0 Å². The van der Waals surface area contributed by atoms with Crippen LogP contribution in [0.3, 0.4) is 0 Å². The van der Waals surface area contributed by atoms with Crippen LogP contribution < -0.4 is 3.71 Å². The molecule has 1 aromatic heterocycles. The third-order valence-corrected chi connectivity index (χ3v) is 22.6. The Morgan fingerprint density at radius 2 is 1.71 bits per heavy atom. The van der Waals surface area contributed by atoms with Crippen molar-refractivity contribution < 1.29 is 14.3 Å². The van der Waals surface area contributed by atoms with Crippen LogP contribution in [0.1, 0.15) is 92.1 Å². The molecule has 1 aromatic rings. The van der Waals surface area contributed by atoms with E-state index in [1.807, 2.05) is 25.7 Å². The number of pyridine rings is 1. The Balaban J connectivity index is 1.92. The Morgan fingerprint density at radius 1 is 1.09 bits per heavy atom. The van der Waals surface area contributed by atoms with Crippen LogP contribution in [0.25, 0.3) is 5.57 Å². The van der Waals surface area contributed by atoms with Crippen molar-refractivity contribution in [2.75, 3.05) is 13.2 Å². The van der Waals surface area contributed by atoms with Gasteiger partial charge in [0.1, 0.15) is 0 Å². The fraction of sp³-hybridized carbons (Fsp3) is 0.724. The normalized spacial score (nSPS) is 20.5. The summed E-state index contributed by atoms with van der Waals surface area (Å²) in [5, 5.41) is 0. The van der Waals surface area contributed by atoms with Crippen molar-refractivity contribution in [1.82, 2.24) is 9.88 Å². The summed E-state index contributed by atoms with van der Waals surface area (Å²) in [6, 6.07) is 4.60. The number of carbonyl (C=O) groups excluding carboxylic acids is 1. The van der Waals surface area contributed by atoms with Gasteiger partial charge in [0.15, 0.2) is 0 Å². The monoisotopic (exact) mass is 592 g/mol. The van der Waals surface area contributed by atoms with Gasteiger partial charge in [-0.1, -0.05) is 0 Å². The number of morpholine rings is 1. The van der Waals surface area contributed by atoms with Gasteiger partial charge in [-0.2, -0.15) is 0 Å². The van der Waals surface area contributed by atoms with E-state index >= 15 is 0 Å². The number of aromatic nitrogens is 1. The summed E-state index contributed by atoms with van der Waals surface area (Å²) in [4.78, 5) is 20.0. The fourth-order valence-electron chi connectivity index (χ4n) is 5.63. The number of hydrogen-bond donors (Lipinski definition) is 0. The summed E-state index contributed by atoms with van der Waals surface area (Å²) in [7, 11) is 0. The molecule has 1 saturated heterocycles. The molecule has 35 heavy (non-hydrogen) atoms. The van der Waals surface area contributed by atoms with Gasteiger partial charge in [0.2, 0.25) is 0 Å². The average molecular weight is 591 g/mol. The zero-order valence-electron chi connectivity index (χ0n) is 23.1. The Bertz CT molecular complexity index is 842. The first-order valence-corrected chi connectivity index (χ1v) is 21.5. The number of carbonyl (C=O) groups is 1. The molecule has 2 atom stereocenters. The second-order valence-corrected chi connectivity index (χ2v) is 24.6. The molecule has 6 heteroatoms. The molecule has 5 nitrogen and oxygen atoms in total. The first kappa shape index (κ1) is 28.5. The summed E-state index contributed by atoms with van der Waals surface area (Å²) < 4.78 is 17.3. The van der Waals surface area contributed by atoms with Crippen molar-refractivity contribution >= 4 is 33.8 Å². The first-order valence-electron chi connectivity index (χ1n) is 14.0. The van der Waals surface area contributed by atoms with E-state index < -0.39 is 24.0 Å². The van der Waals surface area contributed by atoms with E-state index in [1.54, 1.807) is 0 Å². The maximum absolute atomic E-state index is 13.0. The first-order chi connectivity index (χ1) is 16.7. The Labute approximate surface area is 217 Å². The quantitative estimate of drug-likeness (QED) is 0.262. The number of ether oxygens (including phenoxy) is 2. The summed E-state index contributed by atoms with van der Waals surface area (Å²) in [6.07, 6.45) is 12.7. The number of fused-ring (bicyclic) bond motifs is 2. The Hall–Kier alpha value is -1.08. The predicted molar refractivity (Wildman–Crippen MR) is 148 cm³/mol. The van der Waals surface area contributed by atoms with E-state index in [-0.39, 0.29) is 18.2 Å². The predicted octanol–water partition coefficient (Wildman–Crippen LogP) is 6.93. The summed E-state index contributed by atoms with van der Waals surface area (Å²) >= 11 is -2.60. The van der Waals surface area contributed by atoms with Crippen molar-refractivity contribution in [2.45, 2.75) is 117 Å². The zero-order valence-corrected chi connectivity index (χ0v) is 25.9. The van der Waals surface area contributed by atoms with Gasteiger partial charge in [-0.3, -0.25) is 0 Å². The van der Waals surface area contributed by atoms with Gasteiger partial charge < -0.3 is 0 Å². The molecule has 0 aromatic carbocycles. The number of rotatable bonds is 11. The van der Waals surface area contributed by atoms with Crippen LogP contribution in [0.4, 0.5) is 4.79 Å². The molecule has 0 saturated carbocycles. The molecular weight excluding hydrogens is 543 g/mol. The van der Waals surface area contributed by atoms with Gasteiger partial charge in [0, 0.05) is 0 Å². The van der Waals surface area contributed by atoms with Crippen LogP contribution in [0.5, 0.6) is 0 Å². The third-order valence-electron chi connectivity index (χ3n) is 7.50. The number of unbranched alkanes of at least 4 members (excludes halogenated alkanes) is 3. The number of amides is 1. The summed E-state index contributed by atoms with van der Waals surface area (Å²) in [5.41, 5.74) is 2.15. The van der Waals surface area contributed by atoms with Gasteiger partial charge in [0.05, 0.1) is 0 Å². The minimum absolute atomic E-state index is 0.0220. The Morgan fingerprint density at radius 3 is 2.26 bits per heavy atom. The molecule has 2 aliphatic rings. The van der Waals surface area contributed by atoms with Gasteiger partial charge >= 0.3 is 219 Å². The molecule has 2 bridgehead atoms. The fourth-order valence-corrected chi connectivity index (χ4v) is 21.1. The van der Waals surface area contributed by atoms with Crippen LogP contribution >= 0.6 is 0 Å². The van der Waals surface area contributed by atoms with Crippen LogP contribution in [-0.4, -0.2) is 65.3 Å². The minimum atomic E-state index is -2.60. The molecule has 3 rings (SSSR count). The van der Waals surface area contributed by atoms with Crippen molar-refractivity contribution in [1.29, 1.82) is 0 Å². The molecule has 0 aliphatic carbocycles. The van der Waals surface area contributed by atoms with E-state index in [0.717, 1.165) is 6.42 Å². The number of hydrogen-bond acceptors (Lipinski definition) is 4. The molecule has 0 N–H and O–H groups in total. The van der Waals surface area contributed by atoms with Gasteiger partial charge in [-0.15, -0.1) is 0 Å². The second kappa shape index (κ2) is 12.9. The van der Waals surface area contributed by atoms with E-state index in [1.165, 1.54) is 66.7 Å². The molecule has 2 aliphatic heterocycles. The molecule has 1 amide bonds. The molecule has 196 valence electrons. The van der Waals surface area contributed by atoms with E-state index in [2.05, 4.69) is 45.2 Å². The van der Waals surface area contributed by atoms with Crippen LogP contribution in [0, 0.1) is 0 Å². The van der Waals surface area contributed by atoms with E-state index in [4.69, 9.17) is 14.5 Å². The van der Waals surface area contributed by atoms with E-state index in [9.17, 15) is 4.79 Å². The standard InChI is InChI=1S/C17H21N2O3.3C4H9.Sn/c1-17(2,3)22-16(20)19-14-8-13(9-15(19)11-21-10-14)12-4-6-18-7-5-12;3*1-3-4-2;/h4-6,8,14-15H,9-11H2,1-3H3;3*1,3-4H2,2H3;.